The van der Waals surface area contributed by atoms with E-state index in [1.807, 2.05) is 0 Å². The molecule has 1 saturated carbocycles. The number of hydrogen-bond donors (Lipinski definition) is 1. The Morgan fingerprint density at radius 2 is 1.49 bits per heavy atom. The van der Waals surface area contributed by atoms with E-state index in [0.717, 1.165) is 44.9 Å². The number of carbonyl (C=O) groups is 4. The van der Waals surface area contributed by atoms with E-state index in [1.165, 1.54) is 12.0 Å². The van der Waals surface area contributed by atoms with Gasteiger partial charge in [0.1, 0.15) is 0 Å². The predicted molar refractivity (Wildman–Crippen MR) is 144 cm³/mol. The van der Waals surface area contributed by atoms with Crippen LogP contribution in [0.4, 0.5) is 0 Å². The third-order valence-corrected chi connectivity index (χ3v) is 8.20. The minimum absolute atomic E-state index is 0.0448. The Morgan fingerprint density at radius 3 is 2.18 bits per heavy atom. The number of methoxy groups -OCH3 is 2. The number of likely N-dealkylation sites (tertiary alicyclic amines) is 1. The smallest absolute Gasteiger partial charge is 0.261 e. The summed E-state index contributed by atoms with van der Waals surface area (Å²) in [5, 5.41) is 2.99. The maximum atomic E-state index is 13.3. The van der Waals surface area contributed by atoms with Gasteiger partial charge in [-0.3, -0.25) is 24.1 Å². The molecule has 2 aromatic rings. The Morgan fingerprint density at radius 1 is 0.821 bits per heavy atom. The van der Waals surface area contributed by atoms with Crippen LogP contribution in [0, 0.1) is 5.92 Å². The first-order chi connectivity index (χ1) is 18.9. The second-order valence-electron chi connectivity index (χ2n) is 10.5. The van der Waals surface area contributed by atoms with Crippen LogP contribution in [-0.4, -0.2) is 73.3 Å². The molecule has 2 heterocycles. The van der Waals surface area contributed by atoms with Crippen LogP contribution < -0.4 is 14.8 Å². The van der Waals surface area contributed by atoms with Crippen molar-refractivity contribution < 1.29 is 28.7 Å². The Hall–Kier alpha value is -3.88. The molecule has 9 heteroatoms. The molecule has 0 bridgehead atoms. The monoisotopic (exact) mass is 533 g/mol. The predicted octanol–water partition coefficient (Wildman–Crippen LogP) is 3.91. The van der Waals surface area contributed by atoms with E-state index in [-0.39, 0.29) is 35.6 Å². The molecular formula is C30H35N3O6. The number of nitrogens with zero attached hydrogens (tertiary/aromatic N) is 2. The number of hydrogen-bond acceptors (Lipinski definition) is 6. The van der Waals surface area contributed by atoms with Crippen LogP contribution in [0.15, 0.2) is 36.4 Å². The van der Waals surface area contributed by atoms with Gasteiger partial charge in [0.05, 0.1) is 25.3 Å². The topological polar surface area (TPSA) is 105 Å². The van der Waals surface area contributed by atoms with Crippen molar-refractivity contribution in [3.8, 4) is 11.5 Å². The molecule has 0 radical (unpaired) electrons. The van der Waals surface area contributed by atoms with E-state index in [0.29, 0.717) is 53.4 Å². The number of imide groups is 1. The molecule has 1 aliphatic carbocycles. The van der Waals surface area contributed by atoms with Crippen molar-refractivity contribution in [2.45, 2.75) is 51.0 Å². The average molecular weight is 534 g/mol. The van der Waals surface area contributed by atoms with Crippen LogP contribution in [0.3, 0.4) is 0 Å². The first kappa shape index (κ1) is 26.7. The van der Waals surface area contributed by atoms with Gasteiger partial charge in [-0.05, 0) is 68.0 Å². The van der Waals surface area contributed by atoms with Crippen molar-refractivity contribution in [2.24, 2.45) is 5.92 Å². The van der Waals surface area contributed by atoms with Gasteiger partial charge in [0.2, 0.25) is 0 Å². The first-order valence-corrected chi connectivity index (χ1v) is 13.7. The summed E-state index contributed by atoms with van der Waals surface area (Å²) >= 11 is 0. The number of amides is 4. The van der Waals surface area contributed by atoms with E-state index in [2.05, 4.69) is 5.32 Å². The Kier molecular flexibility index (Phi) is 7.86. The molecule has 0 spiro atoms. The maximum Gasteiger partial charge on any atom is 0.261 e. The van der Waals surface area contributed by atoms with Crippen molar-refractivity contribution >= 4 is 23.6 Å². The SMILES string of the molecule is COc1ccc(C(=O)NCC2CCN(C(=O)c3ccc4c(c3)C(=O)N(C3CCCCC3)C4=O)CC2)cc1OC. The van der Waals surface area contributed by atoms with Gasteiger partial charge in [-0.15, -0.1) is 0 Å². The van der Waals surface area contributed by atoms with Gasteiger partial charge in [0.25, 0.3) is 23.6 Å². The molecule has 0 unspecified atom stereocenters. The zero-order chi connectivity index (χ0) is 27.5. The minimum Gasteiger partial charge on any atom is -0.493 e. The highest BCUT2D eigenvalue weighted by Crippen LogP contribution is 2.32. The molecule has 206 valence electrons. The fraction of sp³-hybridized carbons (Fsp3) is 0.467. The molecular weight excluding hydrogens is 498 g/mol. The zero-order valence-corrected chi connectivity index (χ0v) is 22.5. The number of ether oxygens (including phenoxy) is 2. The van der Waals surface area contributed by atoms with Gasteiger partial charge in [0, 0.05) is 36.8 Å². The summed E-state index contributed by atoms with van der Waals surface area (Å²) < 4.78 is 10.5. The Bertz CT molecular complexity index is 1280. The van der Waals surface area contributed by atoms with E-state index >= 15 is 0 Å². The van der Waals surface area contributed by atoms with Gasteiger partial charge in [-0.1, -0.05) is 19.3 Å². The molecule has 2 aromatic carbocycles. The molecule has 2 fully saturated rings. The number of carbonyl (C=O) groups excluding carboxylic acids is 4. The standard InChI is InChI=1S/C30H35N3O6/c1-38-25-11-9-20(17-26(25)39-2)27(34)31-18-19-12-14-32(15-13-19)28(35)21-8-10-23-24(16-21)30(37)33(29(23)36)22-6-4-3-5-7-22/h8-11,16-17,19,22H,3-7,12-15,18H2,1-2H3,(H,31,34). The normalized spacial score (nSPS) is 18.2. The summed E-state index contributed by atoms with van der Waals surface area (Å²) in [6.45, 7) is 1.64. The summed E-state index contributed by atoms with van der Waals surface area (Å²) in [6, 6.07) is 9.88. The quantitative estimate of drug-likeness (QED) is 0.541. The van der Waals surface area contributed by atoms with Crippen molar-refractivity contribution in [1.82, 2.24) is 15.1 Å². The fourth-order valence-corrected chi connectivity index (χ4v) is 5.90. The van der Waals surface area contributed by atoms with Crippen LogP contribution >= 0.6 is 0 Å². The lowest BCUT2D eigenvalue weighted by Gasteiger charge is -2.32. The molecule has 3 aliphatic rings. The molecule has 39 heavy (non-hydrogen) atoms. The second kappa shape index (κ2) is 11.5. The number of nitrogens with one attached hydrogen (secondary N) is 1. The van der Waals surface area contributed by atoms with Crippen LogP contribution in [-0.2, 0) is 0 Å². The summed E-state index contributed by atoms with van der Waals surface area (Å²) in [7, 11) is 3.08. The van der Waals surface area contributed by atoms with Gasteiger partial charge >= 0.3 is 0 Å². The Balaban J connectivity index is 1.15. The highest BCUT2D eigenvalue weighted by Gasteiger charge is 2.40. The van der Waals surface area contributed by atoms with Crippen molar-refractivity contribution in [3.05, 3.63) is 58.7 Å². The molecule has 0 atom stereocenters. The lowest BCUT2D eigenvalue weighted by Crippen LogP contribution is -2.41. The van der Waals surface area contributed by atoms with Crippen molar-refractivity contribution in [2.75, 3.05) is 33.9 Å². The average Bonchev–Trinajstić information content (AvgIpc) is 3.24. The van der Waals surface area contributed by atoms with Crippen LogP contribution in [0.25, 0.3) is 0 Å². The number of piperidine rings is 1. The molecule has 1 saturated heterocycles. The zero-order valence-electron chi connectivity index (χ0n) is 22.5. The van der Waals surface area contributed by atoms with Crippen molar-refractivity contribution in [3.63, 3.8) is 0 Å². The lowest BCUT2D eigenvalue weighted by molar-refractivity contribution is 0.0548. The first-order valence-electron chi connectivity index (χ1n) is 13.7. The van der Waals surface area contributed by atoms with E-state index < -0.39 is 0 Å². The van der Waals surface area contributed by atoms with Crippen LogP contribution in [0.1, 0.15) is 86.4 Å². The van der Waals surface area contributed by atoms with Gasteiger partial charge in [-0.25, -0.2) is 0 Å². The van der Waals surface area contributed by atoms with E-state index in [9.17, 15) is 19.2 Å². The highest BCUT2D eigenvalue weighted by atomic mass is 16.5. The van der Waals surface area contributed by atoms with Gasteiger partial charge < -0.3 is 19.7 Å². The fourth-order valence-electron chi connectivity index (χ4n) is 5.90. The van der Waals surface area contributed by atoms with Crippen molar-refractivity contribution in [1.29, 1.82) is 0 Å². The van der Waals surface area contributed by atoms with Gasteiger partial charge in [0.15, 0.2) is 11.5 Å². The largest absolute Gasteiger partial charge is 0.493 e. The summed E-state index contributed by atoms with van der Waals surface area (Å²) in [5.41, 5.74) is 1.66. The lowest BCUT2D eigenvalue weighted by atomic mass is 9.94. The van der Waals surface area contributed by atoms with E-state index in [1.54, 1.807) is 48.4 Å². The summed E-state index contributed by atoms with van der Waals surface area (Å²) in [4.78, 5) is 55.2. The third kappa shape index (κ3) is 5.35. The van der Waals surface area contributed by atoms with Gasteiger partial charge in [-0.2, -0.15) is 0 Å². The molecule has 5 rings (SSSR count). The molecule has 0 aromatic heterocycles. The summed E-state index contributed by atoms with van der Waals surface area (Å²) in [6.07, 6.45) is 6.40. The van der Waals surface area contributed by atoms with Crippen LogP contribution in [0.5, 0.6) is 11.5 Å². The number of rotatable bonds is 7. The minimum atomic E-state index is -0.277. The molecule has 4 amide bonds. The molecule has 9 nitrogen and oxygen atoms in total. The third-order valence-electron chi connectivity index (χ3n) is 8.20. The second-order valence-corrected chi connectivity index (χ2v) is 10.5. The highest BCUT2D eigenvalue weighted by molar-refractivity contribution is 6.22. The number of benzene rings is 2. The molecule has 1 N–H and O–H groups in total. The van der Waals surface area contributed by atoms with Crippen LogP contribution in [0.2, 0.25) is 0 Å². The van der Waals surface area contributed by atoms with E-state index in [4.69, 9.17) is 9.47 Å². The Labute approximate surface area is 228 Å². The maximum absolute atomic E-state index is 13.3. The number of fused-ring (bicyclic) bond motifs is 1. The summed E-state index contributed by atoms with van der Waals surface area (Å²) in [5.74, 6) is 0.470. The molecule has 2 aliphatic heterocycles.